The van der Waals surface area contributed by atoms with Crippen molar-refractivity contribution in [2.45, 2.75) is 13.0 Å². The highest BCUT2D eigenvalue weighted by molar-refractivity contribution is 6.02. The lowest BCUT2D eigenvalue weighted by Crippen LogP contribution is -2.44. The van der Waals surface area contributed by atoms with Crippen molar-refractivity contribution in [2.75, 3.05) is 11.5 Å². The topological polar surface area (TPSA) is 29.5 Å². The molecule has 1 aliphatic rings. The third-order valence-electron chi connectivity index (χ3n) is 2.46. The van der Waals surface area contributed by atoms with Gasteiger partial charge in [0.25, 0.3) is 5.91 Å². The van der Waals surface area contributed by atoms with Gasteiger partial charge in [-0.2, -0.15) is 0 Å². The zero-order valence-electron chi connectivity index (χ0n) is 8.64. The van der Waals surface area contributed by atoms with Crippen molar-refractivity contribution < 1.29 is 9.53 Å². The summed E-state index contributed by atoms with van der Waals surface area (Å²) in [6.07, 6.45) is 1.33. The number of nitrogens with zero attached hydrogens (tertiary/aromatic N) is 1. The first-order valence-electron chi connectivity index (χ1n) is 4.91. The lowest BCUT2D eigenvalue weighted by atomic mass is 10.1. The molecule has 1 atom stereocenters. The Morgan fingerprint density at radius 2 is 2.33 bits per heavy atom. The molecule has 3 heteroatoms. The van der Waals surface area contributed by atoms with Crippen LogP contribution in [0.5, 0.6) is 5.75 Å². The summed E-state index contributed by atoms with van der Waals surface area (Å²) in [7, 11) is 0. The lowest BCUT2D eigenvalue weighted by Gasteiger charge is -2.34. The molecular weight excluding hydrogens is 190 g/mol. The Morgan fingerprint density at radius 3 is 3.07 bits per heavy atom. The summed E-state index contributed by atoms with van der Waals surface area (Å²) in [6, 6.07) is 7.58. The average molecular weight is 203 g/mol. The normalized spacial score (nSPS) is 19.0. The van der Waals surface area contributed by atoms with Crippen molar-refractivity contribution in [3.8, 4) is 5.75 Å². The van der Waals surface area contributed by atoms with E-state index in [1.807, 2.05) is 31.2 Å². The molecule has 78 valence electrons. The van der Waals surface area contributed by atoms with Gasteiger partial charge in [-0.15, -0.1) is 0 Å². The van der Waals surface area contributed by atoms with E-state index < -0.39 is 0 Å². The van der Waals surface area contributed by atoms with Gasteiger partial charge in [0.2, 0.25) is 0 Å². The molecule has 1 heterocycles. The van der Waals surface area contributed by atoms with Gasteiger partial charge in [-0.05, 0) is 25.1 Å². The van der Waals surface area contributed by atoms with Crippen molar-refractivity contribution in [3.63, 3.8) is 0 Å². The maximum absolute atomic E-state index is 11.7. The maximum Gasteiger partial charge on any atom is 0.250 e. The zero-order valence-corrected chi connectivity index (χ0v) is 8.64. The van der Waals surface area contributed by atoms with Crippen molar-refractivity contribution >= 4 is 11.6 Å². The van der Waals surface area contributed by atoms with Crippen LogP contribution in [0.25, 0.3) is 0 Å². The highest BCUT2D eigenvalue weighted by Gasteiger charge is 2.27. The molecule has 1 aliphatic heterocycles. The van der Waals surface area contributed by atoms with E-state index in [-0.39, 0.29) is 11.9 Å². The molecule has 0 saturated carbocycles. The molecule has 2 rings (SSSR count). The van der Waals surface area contributed by atoms with Crippen LogP contribution in [-0.4, -0.2) is 18.6 Å². The quantitative estimate of drug-likeness (QED) is 0.653. The van der Waals surface area contributed by atoms with Crippen LogP contribution in [0.15, 0.2) is 36.9 Å². The molecule has 1 amide bonds. The number of ether oxygens (including phenoxy) is 1. The first kappa shape index (κ1) is 9.77. The standard InChI is InChI=1S/C12H13NO2/c1-3-12(14)13-9(2)8-15-11-7-5-4-6-10(11)13/h3-7,9H,1,8H2,2H3. The minimum Gasteiger partial charge on any atom is -0.489 e. The number of fused-ring (bicyclic) bond motifs is 1. The number of rotatable bonds is 1. The van der Waals surface area contributed by atoms with Gasteiger partial charge in [-0.25, -0.2) is 0 Å². The van der Waals surface area contributed by atoms with Gasteiger partial charge in [-0.3, -0.25) is 9.69 Å². The van der Waals surface area contributed by atoms with Crippen LogP contribution >= 0.6 is 0 Å². The highest BCUT2D eigenvalue weighted by Crippen LogP contribution is 2.33. The number of anilines is 1. The zero-order chi connectivity index (χ0) is 10.8. The molecule has 1 aromatic rings. The van der Waals surface area contributed by atoms with Crippen molar-refractivity contribution in [1.29, 1.82) is 0 Å². The SMILES string of the molecule is C=CC(=O)N1c2ccccc2OCC1C. The second kappa shape index (κ2) is 3.77. The summed E-state index contributed by atoms with van der Waals surface area (Å²) in [5.41, 5.74) is 0.821. The van der Waals surface area contributed by atoms with Gasteiger partial charge < -0.3 is 4.74 Å². The Hall–Kier alpha value is -1.77. The molecule has 0 fully saturated rings. The van der Waals surface area contributed by atoms with E-state index in [1.54, 1.807) is 4.90 Å². The van der Waals surface area contributed by atoms with Gasteiger partial charge >= 0.3 is 0 Å². The lowest BCUT2D eigenvalue weighted by molar-refractivity contribution is -0.114. The molecule has 1 unspecified atom stereocenters. The fourth-order valence-corrected chi connectivity index (χ4v) is 1.73. The van der Waals surface area contributed by atoms with E-state index in [2.05, 4.69) is 6.58 Å². The van der Waals surface area contributed by atoms with Gasteiger partial charge in [0.15, 0.2) is 0 Å². The number of hydrogen-bond donors (Lipinski definition) is 0. The first-order valence-corrected chi connectivity index (χ1v) is 4.91. The number of para-hydroxylation sites is 2. The van der Waals surface area contributed by atoms with Crippen LogP contribution in [0.1, 0.15) is 6.92 Å². The second-order valence-electron chi connectivity index (χ2n) is 3.54. The molecule has 0 saturated heterocycles. The van der Waals surface area contributed by atoms with E-state index in [4.69, 9.17) is 4.74 Å². The van der Waals surface area contributed by atoms with Crippen LogP contribution in [-0.2, 0) is 4.79 Å². The number of carbonyl (C=O) groups excluding carboxylic acids is 1. The second-order valence-corrected chi connectivity index (χ2v) is 3.54. The highest BCUT2D eigenvalue weighted by atomic mass is 16.5. The number of benzene rings is 1. The average Bonchev–Trinajstić information content (AvgIpc) is 2.28. The fourth-order valence-electron chi connectivity index (χ4n) is 1.73. The van der Waals surface area contributed by atoms with Crippen LogP contribution in [0.4, 0.5) is 5.69 Å². The summed E-state index contributed by atoms with van der Waals surface area (Å²) in [5, 5.41) is 0. The third kappa shape index (κ3) is 1.61. The number of carbonyl (C=O) groups is 1. The minimum atomic E-state index is -0.0850. The Balaban J connectivity index is 2.45. The van der Waals surface area contributed by atoms with Crippen LogP contribution < -0.4 is 9.64 Å². The third-order valence-corrected chi connectivity index (χ3v) is 2.46. The summed E-state index contributed by atoms with van der Waals surface area (Å²) < 4.78 is 5.53. The summed E-state index contributed by atoms with van der Waals surface area (Å²) in [6.45, 7) is 5.99. The molecule has 0 spiro atoms. The molecule has 3 nitrogen and oxygen atoms in total. The molecule has 15 heavy (non-hydrogen) atoms. The monoisotopic (exact) mass is 203 g/mol. The molecular formula is C12H13NO2. The van der Waals surface area contributed by atoms with E-state index in [9.17, 15) is 4.79 Å². The van der Waals surface area contributed by atoms with Crippen molar-refractivity contribution in [2.24, 2.45) is 0 Å². The molecule has 0 radical (unpaired) electrons. The van der Waals surface area contributed by atoms with Crippen LogP contribution in [0.2, 0.25) is 0 Å². The maximum atomic E-state index is 11.7. The van der Waals surface area contributed by atoms with E-state index in [0.29, 0.717) is 6.61 Å². The molecule has 0 bridgehead atoms. The number of amides is 1. The predicted octanol–water partition coefficient (Wildman–Crippen LogP) is 1.99. The van der Waals surface area contributed by atoms with Crippen LogP contribution in [0.3, 0.4) is 0 Å². The van der Waals surface area contributed by atoms with Crippen LogP contribution in [0, 0.1) is 0 Å². The Bertz CT molecular complexity index is 400. The molecule has 1 aromatic carbocycles. The molecule has 0 N–H and O–H groups in total. The Labute approximate surface area is 89.0 Å². The minimum absolute atomic E-state index is 0.0467. The summed E-state index contributed by atoms with van der Waals surface area (Å²) in [5.74, 6) is 0.670. The Kier molecular flexibility index (Phi) is 2.46. The largest absolute Gasteiger partial charge is 0.489 e. The Morgan fingerprint density at radius 1 is 1.60 bits per heavy atom. The van der Waals surface area contributed by atoms with Gasteiger partial charge in [0.05, 0.1) is 11.7 Å². The smallest absolute Gasteiger partial charge is 0.250 e. The van der Waals surface area contributed by atoms with E-state index in [1.165, 1.54) is 6.08 Å². The van der Waals surface area contributed by atoms with Gasteiger partial charge in [0, 0.05) is 0 Å². The first-order chi connectivity index (χ1) is 7.24. The van der Waals surface area contributed by atoms with Crippen molar-refractivity contribution in [3.05, 3.63) is 36.9 Å². The van der Waals surface area contributed by atoms with E-state index in [0.717, 1.165) is 11.4 Å². The van der Waals surface area contributed by atoms with Crippen molar-refractivity contribution in [1.82, 2.24) is 0 Å². The summed E-state index contributed by atoms with van der Waals surface area (Å²) >= 11 is 0. The van der Waals surface area contributed by atoms with Gasteiger partial charge in [-0.1, -0.05) is 18.7 Å². The fraction of sp³-hybridized carbons (Fsp3) is 0.250. The number of hydrogen-bond acceptors (Lipinski definition) is 2. The van der Waals surface area contributed by atoms with E-state index >= 15 is 0 Å². The van der Waals surface area contributed by atoms with Gasteiger partial charge in [0.1, 0.15) is 12.4 Å². The molecule has 0 aliphatic carbocycles. The predicted molar refractivity (Wildman–Crippen MR) is 59.1 cm³/mol. The summed E-state index contributed by atoms with van der Waals surface area (Å²) in [4.78, 5) is 13.4. The molecule has 0 aromatic heterocycles.